The molecule has 0 unspecified atom stereocenters. The van der Waals surface area contributed by atoms with Crippen LogP contribution in [0.15, 0.2) is 48.8 Å². The van der Waals surface area contributed by atoms with Crippen LogP contribution in [0.4, 0.5) is 11.4 Å². The molecule has 0 saturated carbocycles. The van der Waals surface area contributed by atoms with Crippen molar-refractivity contribution in [2.24, 2.45) is 0 Å². The molecule has 0 bridgehead atoms. The third-order valence-electron chi connectivity index (χ3n) is 5.39. The molecule has 1 aromatic carbocycles. The van der Waals surface area contributed by atoms with Gasteiger partial charge in [-0.25, -0.2) is 4.98 Å². The van der Waals surface area contributed by atoms with Crippen molar-refractivity contribution in [3.8, 4) is 17.9 Å². The quantitative estimate of drug-likeness (QED) is 0.308. The molecule has 0 saturated heterocycles. The third-order valence-corrected chi connectivity index (χ3v) is 7.33. The number of benzene rings is 1. The second-order valence-electron chi connectivity index (χ2n) is 8.04. The number of hydrogen-bond acceptors (Lipinski definition) is 6. The van der Waals surface area contributed by atoms with Crippen molar-refractivity contribution in [3.63, 3.8) is 0 Å². The zero-order valence-electron chi connectivity index (χ0n) is 18.5. The molecule has 162 valence electrons. The smallest absolute Gasteiger partial charge is 0.126 e. The summed E-state index contributed by atoms with van der Waals surface area (Å²) in [6.07, 6.45) is 3.57. The van der Waals surface area contributed by atoms with Crippen molar-refractivity contribution >= 4 is 55.2 Å². The number of aromatic amines is 1. The summed E-state index contributed by atoms with van der Waals surface area (Å²) < 4.78 is 0. The number of aryl methyl sites for hydroxylation is 1. The van der Waals surface area contributed by atoms with E-state index < -0.39 is 0 Å². The summed E-state index contributed by atoms with van der Waals surface area (Å²) in [7, 11) is 4.13. The number of H-pyrrole nitrogens is 1. The number of nitrogens with zero attached hydrogens (tertiary/aromatic N) is 3. The van der Waals surface area contributed by atoms with Crippen molar-refractivity contribution in [1.29, 1.82) is 5.26 Å². The zero-order chi connectivity index (χ0) is 22.9. The normalized spacial score (nSPS) is 11.0. The second-order valence-corrected chi connectivity index (χ2v) is 10.2. The summed E-state index contributed by atoms with van der Waals surface area (Å²) >= 11 is 3.26. The first-order chi connectivity index (χ1) is 16.0. The SMILES string of the molecule is Cc1c(Nc2c(C#N)cnc3sc(C#Cc4ccc(CN(C)C)s4)cc23)ccc2[nH]ccc12. The van der Waals surface area contributed by atoms with E-state index in [0.29, 0.717) is 5.56 Å². The van der Waals surface area contributed by atoms with Gasteiger partial charge in [0.25, 0.3) is 0 Å². The van der Waals surface area contributed by atoms with E-state index in [1.54, 1.807) is 28.9 Å². The van der Waals surface area contributed by atoms with Gasteiger partial charge in [0, 0.05) is 45.8 Å². The molecule has 4 aromatic heterocycles. The summed E-state index contributed by atoms with van der Waals surface area (Å²) in [5, 5.41) is 15.3. The predicted molar refractivity (Wildman–Crippen MR) is 138 cm³/mol. The van der Waals surface area contributed by atoms with Crippen LogP contribution >= 0.6 is 22.7 Å². The lowest BCUT2D eigenvalue weighted by molar-refractivity contribution is 0.406. The number of fused-ring (bicyclic) bond motifs is 2. The topological polar surface area (TPSA) is 67.7 Å². The summed E-state index contributed by atoms with van der Waals surface area (Å²) in [5.41, 5.74) is 4.48. The average molecular weight is 468 g/mol. The number of nitriles is 1. The Hall–Kier alpha value is -3.62. The van der Waals surface area contributed by atoms with Gasteiger partial charge in [-0.15, -0.1) is 22.7 Å². The Morgan fingerprint density at radius 3 is 2.73 bits per heavy atom. The Balaban J connectivity index is 1.51. The number of anilines is 2. The summed E-state index contributed by atoms with van der Waals surface area (Å²) in [5.74, 6) is 6.57. The second kappa shape index (κ2) is 8.73. The van der Waals surface area contributed by atoms with Crippen LogP contribution in [-0.4, -0.2) is 29.0 Å². The highest BCUT2D eigenvalue weighted by Crippen LogP contribution is 2.35. The van der Waals surface area contributed by atoms with Gasteiger partial charge in [-0.05, 0) is 74.8 Å². The maximum Gasteiger partial charge on any atom is 0.126 e. The van der Waals surface area contributed by atoms with Crippen molar-refractivity contribution in [3.05, 3.63) is 74.6 Å². The van der Waals surface area contributed by atoms with Crippen molar-refractivity contribution in [2.45, 2.75) is 13.5 Å². The number of rotatable bonds is 4. The Kier molecular flexibility index (Phi) is 5.62. The van der Waals surface area contributed by atoms with Gasteiger partial charge in [-0.3, -0.25) is 0 Å². The van der Waals surface area contributed by atoms with Crippen molar-refractivity contribution in [2.75, 3.05) is 19.4 Å². The largest absolute Gasteiger partial charge is 0.361 e. The molecule has 0 aliphatic rings. The van der Waals surface area contributed by atoms with Crippen LogP contribution in [-0.2, 0) is 6.54 Å². The van der Waals surface area contributed by atoms with E-state index in [4.69, 9.17) is 0 Å². The first-order valence-electron chi connectivity index (χ1n) is 10.4. The van der Waals surface area contributed by atoms with Gasteiger partial charge in [-0.1, -0.05) is 0 Å². The fourth-order valence-corrected chi connectivity index (χ4v) is 5.63. The minimum absolute atomic E-state index is 0.514. The molecule has 0 fully saturated rings. The Bertz CT molecular complexity index is 1580. The fourth-order valence-electron chi connectivity index (χ4n) is 3.79. The standard InChI is InChI=1S/C26H21N5S2/c1-16-21-10-11-28-24(21)9-8-23(16)30-25-17(13-27)14-29-26-22(25)12-19(33-26)6-4-18-5-7-20(32-18)15-31(2)3/h5,7-12,14,28H,15H2,1-3H3,(H,29,30). The molecule has 0 spiro atoms. The molecule has 0 amide bonds. The highest BCUT2D eigenvalue weighted by Gasteiger charge is 2.14. The van der Waals surface area contributed by atoms with E-state index in [9.17, 15) is 5.26 Å². The van der Waals surface area contributed by atoms with Crippen molar-refractivity contribution in [1.82, 2.24) is 14.9 Å². The summed E-state index contributed by atoms with van der Waals surface area (Å²) in [4.78, 5) is 14.0. The molecule has 5 nitrogen and oxygen atoms in total. The van der Waals surface area contributed by atoms with Crippen LogP contribution in [0.3, 0.4) is 0 Å². The van der Waals surface area contributed by atoms with Crippen LogP contribution in [0.25, 0.3) is 21.1 Å². The molecule has 5 rings (SSSR count). The van der Waals surface area contributed by atoms with E-state index >= 15 is 0 Å². The lowest BCUT2D eigenvalue weighted by atomic mass is 10.1. The monoisotopic (exact) mass is 467 g/mol. The van der Waals surface area contributed by atoms with Crippen LogP contribution in [0.1, 0.15) is 25.8 Å². The highest BCUT2D eigenvalue weighted by atomic mass is 32.1. The van der Waals surface area contributed by atoms with Crippen molar-refractivity contribution < 1.29 is 0 Å². The lowest BCUT2D eigenvalue weighted by Crippen LogP contribution is -2.09. The van der Waals surface area contributed by atoms with Crippen LogP contribution in [0.5, 0.6) is 0 Å². The Morgan fingerprint density at radius 1 is 1.06 bits per heavy atom. The molecular weight excluding hydrogens is 446 g/mol. The molecule has 0 aliphatic heterocycles. The van der Waals surface area contributed by atoms with E-state index in [1.807, 2.05) is 24.4 Å². The van der Waals surface area contributed by atoms with Gasteiger partial charge in [0.1, 0.15) is 10.9 Å². The van der Waals surface area contributed by atoms with Gasteiger partial charge in [0.05, 0.1) is 21.0 Å². The first-order valence-corrected chi connectivity index (χ1v) is 12.1. The van der Waals surface area contributed by atoms with Crippen LogP contribution in [0.2, 0.25) is 0 Å². The number of thiophene rings is 2. The van der Waals surface area contributed by atoms with Gasteiger partial charge in [0.2, 0.25) is 0 Å². The average Bonchev–Trinajstić information content (AvgIpc) is 3.53. The number of nitrogens with one attached hydrogen (secondary N) is 2. The molecule has 0 atom stereocenters. The van der Waals surface area contributed by atoms with Crippen LogP contribution in [0, 0.1) is 30.1 Å². The fraction of sp³-hybridized carbons (Fsp3) is 0.154. The predicted octanol–water partition coefficient (Wildman–Crippen LogP) is 6.22. The minimum Gasteiger partial charge on any atom is -0.361 e. The molecule has 33 heavy (non-hydrogen) atoms. The molecule has 5 aromatic rings. The Labute approximate surface area is 200 Å². The van der Waals surface area contributed by atoms with Crippen LogP contribution < -0.4 is 5.32 Å². The molecule has 0 radical (unpaired) electrons. The number of hydrogen-bond donors (Lipinski definition) is 2. The summed E-state index contributed by atoms with van der Waals surface area (Å²) in [6.45, 7) is 3.00. The minimum atomic E-state index is 0.514. The third kappa shape index (κ3) is 4.22. The van der Waals surface area contributed by atoms with E-state index in [1.165, 1.54) is 4.88 Å². The van der Waals surface area contributed by atoms with Gasteiger partial charge < -0.3 is 15.2 Å². The molecule has 0 aliphatic carbocycles. The first kappa shape index (κ1) is 21.2. The number of pyridine rings is 1. The Morgan fingerprint density at radius 2 is 1.91 bits per heavy atom. The molecule has 4 heterocycles. The van der Waals surface area contributed by atoms with Gasteiger partial charge in [0.15, 0.2) is 0 Å². The van der Waals surface area contributed by atoms with Gasteiger partial charge in [-0.2, -0.15) is 5.26 Å². The zero-order valence-corrected chi connectivity index (χ0v) is 20.1. The summed E-state index contributed by atoms with van der Waals surface area (Å²) in [6, 6.07) is 14.7. The van der Waals surface area contributed by atoms with Gasteiger partial charge >= 0.3 is 0 Å². The molecule has 7 heteroatoms. The van der Waals surface area contributed by atoms with E-state index in [0.717, 1.165) is 54.4 Å². The highest BCUT2D eigenvalue weighted by molar-refractivity contribution is 7.19. The lowest BCUT2D eigenvalue weighted by Gasteiger charge is -2.12. The molecular formula is C26H21N5S2. The number of aromatic nitrogens is 2. The molecule has 2 N–H and O–H groups in total. The maximum absolute atomic E-state index is 9.73. The maximum atomic E-state index is 9.73. The van der Waals surface area contributed by atoms with E-state index in [2.05, 4.69) is 77.3 Å². The van der Waals surface area contributed by atoms with E-state index in [-0.39, 0.29) is 0 Å².